The van der Waals surface area contributed by atoms with Gasteiger partial charge in [0, 0.05) is 41.3 Å². The number of H-pyrrole nitrogens is 1. The molecule has 2 aromatic heterocycles. The Labute approximate surface area is 225 Å². The molecule has 0 aliphatic carbocycles. The van der Waals surface area contributed by atoms with Gasteiger partial charge in [0.2, 0.25) is 11.6 Å². The van der Waals surface area contributed by atoms with Crippen molar-refractivity contribution in [1.82, 2.24) is 15.3 Å². The monoisotopic (exact) mass is 530 g/mol. The Kier molecular flexibility index (Phi) is 9.16. The van der Waals surface area contributed by atoms with E-state index in [0.717, 1.165) is 18.4 Å². The summed E-state index contributed by atoms with van der Waals surface area (Å²) < 4.78 is 5.82. The van der Waals surface area contributed by atoms with Gasteiger partial charge < -0.3 is 20.4 Å². The number of ether oxygens (including phenoxy) is 1. The van der Waals surface area contributed by atoms with Crippen molar-refractivity contribution >= 4 is 51.6 Å². The Hall–Kier alpha value is -4.55. The van der Waals surface area contributed by atoms with Crippen LogP contribution in [0, 0.1) is 6.57 Å². The lowest BCUT2D eigenvalue weighted by Gasteiger charge is -2.14. The second-order valence-corrected chi connectivity index (χ2v) is 8.93. The predicted molar refractivity (Wildman–Crippen MR) is 149 cm³/mol. The molecule has 0 saturated carbocycles. The number of rotatable bonds is 11. The van der Waals surface area contributed by atoms with Crippen LogP contribution in [-0.2, 0) is 11.2 Å². The van der Waals surface area contributed by atoms with Gasteiger partial charge in [-0.05, 0) is 55.2 Å². The Morgan fingerprint density at radius 1 is 1.08 bits per heavy atom. The number of hydrogen-bond acceptors (Lipinski definition) is 4. The van der Waals surface area contributed by atoms with Gasteiger partial charge in [0.05, 0.1) is 18.9 Å². The Morgan fingerprint density at radius 3 is 2.76 bits per heavy atom. The fourth-order valence-electron chi connectivity index (χ4n) is 3.87. The Morgan fingerprint density at radius 2 is 1.95 bits per heavy atom. The fraction of sp³-hybridized carbons (Fsp3) is 0.214. The quantitative estimate of drug-likeness (QED) is 0.134. The smallest absolute Gasteiger partial charge is 0.324 e. The maximum Gasteiger partial charge on any atom is 0.324 e. The van der Waals surface area contributed by atoms with E-state index in [0.29, 0.717) is 54.0 Å². The zero-order valence-corrected chi connectivity index (χ0v) is 21.3. The highest BCUT2D eigenvalue weighted by atomic mass is 35.5. The third-order valence-electron chi connectivity index (χ3n) is 5.73. The van der Waals surface area contributed by atoms with E-state index < -0.39 is 6.03 Å². The number of aromatic amines is 1. The normalized spacial score (nSPS) is 10.5. The molecule has 0 aliphatic rings. The van der Waals surface area contributed by atoms with Crippen LogP contribution in [0.5, 0.6) is 5.75 Å². The van der Waals surface area contributed by atoms with Gasteiger partial charge in [-0.1, -0.05) is 35.9 Å². The van der Waals surface area contributed by atoms with E-state index in [4.69, 9.17) is 22.9 Å². The Balaban J connectivity index is 1.17. The average Bonchev–Trinajstić information content (AvgIpc) is 3.33. The fourth-order valence-corrected chi connectivity index (χ4v) is 4.04. The summed E-state index contributed by atoms with van der Waals surface area (Å²) in [5.41, 5.74) is 3.10. The zero-order chi connectivity index (χ0) is 26.7. The number of para-hydroxylation sites is 1. The molecule has 4 rings (SSSR count). The molecular formula is C28H27ClN6O3. The summed E-state index contributed by atoms with van der Waals surface area (Å²) in [5, 5.41) is 9.86. The van der Waals surface area contributed by atoms with Gasteiger partial charge in [-0.2, -0.15) is 0 Å². The molecular weight excluding hydrogens is 504 g/mol. The summed E-state index contributed by atoms with van der Waals surface area (Å²) in [4.78, 5) is 35.2. The molecule has 0 radical (unpaired) electrons. The second kappa shape index (κ2) is 13.1. The number of fused-ring (bicyclic) bond motifs is 1. The zero-order valence-electron chi connectivity index (χ0n) is 20.6. The van der Waals surface area contributed by atoms with Gasteiger partial charge in [0.25, 0.3) is 0 Å². The first-order valence-corrected chi connectivity index (χ1v) is 12.5. The van der Waals surface area contributed by atoms with Gasteiger partial charge in [0.1, 0.15) is 11.6 Å². The number of pyridine rings is 1. The largest absolute Gasteiger partial charge is 0.491 e. The number of nitrogens with one attached hydrogen (secondary N) is 4. The third kappa shape index (κ3) is 7.48. The van der Waals surface area contributed by atoms with Crippen molar-refractivity contribution in [3.05, 3.63) is 89.0 Å². The lowest BCUT2D eigenvalue weighted by atomic mass is 10.1. The first kappa shape index (κ1) is 26.5. The maximum absolute atomic E-state index is 12.4. The molecule has 38 heavy (non-hydrogen) atoms. The molecule has 4 aromatic rings. The molecule has 0 bridgehead atoms. The Bertz CT molecular complexity index is 1450. The summed E-state index contributed by atoms with van der Waals surface area (Å²) in [7, 11) is 0. The van der Waals surface area contributed by atoms with E-state index in [-0.39, 0.29) is 5.91 Å². The number of benzene rings is 2. The SMILES string of the molecule is [C-]#[N+]c1ccc(NC(=O)Nc2cc(Cl)ccc2OCCCNC(=O)CCCc2c[nH]c3ccccc23)nc1. The highest BCUT2D eigenvalue weighted by molar-refractivity contribution is 6.31. The van der Waals surface area contributed by atoms with Crippen molar-refractivity contribution in [3.63, 3.8) is 0 Å². The number of carbonyl (C=O) groups excluding carboxylic acids is 2. The third-order valence-corrected chi connectivity index (χ3v) is 5.97. The van der Waals surface area contributed by atoms with Gasteiger partial charge >= 0.3 is 6.03 Å². The van der Waals surface area contributed by atoms with Crippen LogP contribution in [0.2, 0.25) is 5.02 Å². The number of hydrogen-bond donors (Lipinski definition) is 4. The lowest BCUT2D eigenvalue weighted by Crippen LogP contribution is -2.25. The van der Waals surface area contributed by atoms with Gasteiger partial charge in [-0.15, -0.1) is 0 Å². The minimum absolute atomic E-state index is 0.00778. The topological polar surface area (TPSA) is 112 Å². The van der Waals surface area contributed by atoms with Crippen molar-refractivity contribution < 1.29 is 14.3 Å². The molecule has 3 amide bonds. The van der Waals surface area contributed by atoms with Gasteiger partial charge in [0.15, 0.2) is 0 Å². The van der Waals surface area contributed by atoms with Crippen molar-refractivity contribution in [1.29, 1.82) is 0 Å². The van der Waals surface area contributed by atoms with Crippen LogP contribution in [0.3, 0.4) is 0 Å². The van der Waals surface area contributed by atoms with Crippen molar-refractivity contribution in [2.75, 3.05) is 23.8 Å². The predicted octanol–water partition coefficient (Wildman–Crippen LogP) is 6.32. The second-order valence-electron chi connectivity index (χ2n) is 8.50. The van der Waals surface area contributed by atoms with Crippen LogP contribution in [-0.4, -0.2) is 35.1 Å². The molecule has 0 fully saturated rings. The number of anilines is 2. The van der Waals surface area contributed by atoms with Crippen molar-refractivity contribution in [2.45, 2.75) is 25.7 Å². The number of amides is 3. The van der Waals surface area contributed by atoms with E-state index in [9.17, 15) is 9.59 Å². The van der Waals surface area contributed by atoms with Gasteiger partial charge in [-0.25, -0.2) is 9.64 Å². The van der Waals surface area contributed by atoms with Crippen LogP contribution >= 0.6 is 11.6 Å². The highest BCUT2D eigenvalue weighted by Gasteiger charge is 2.11. The van der Waals surface area contributed by atoms with Crippen LogP contribution in [0.25, 0.3) is 15.7 Å². The number of carbonyl (C=O) groups is 2. The van der Waals surface area contributed by atoms with Crippen LogP contribution in [0.15, 0.2) is 67.0 Å². The standard InChI is InChI=1S/C28H27ClN6O3/c1-30-21-11-13-26(33-18-21)35-28(37)34-24-16-20(29)10-12-25(24)38-15-5-14-31-27(36)9-4-6-19-17-32-23-8-3-2-7-22(19)23/h2-3,7-8,10-13,16-18,32H,4-6,9,14-15H2,(H,31,36)(H2,33,34,35,37). The minimum Gasteiger partial charge on any atom is -0.491 e. The number of nitrogens with zero attached hydrogens (tertiary/aromatic N) is 2. The molecule has 2 aromatic carbocycles. The van der Waals surface area contributed by atoms with Crippen molar-refractivity contribution in [2.24, 2.45) is 0 Å². The molecule has 194 valence electrons. The molecule has 0 unspecified atom stereocenters. The summed E-state index contributed by atoms with van der Waals surface area (Å²) in [6.45, 7) is 7.78. The molecule has 2 heterocycles. The maximum atomic E-state index is 12.4. The highest BCUT2D eigenvalue weighted by Crippen LogP contribution is 2.28. The van der Waals surface area contributed by atoms with Crippen LogP contribution in [0.1, 0.15) is 24.8 Å². The summed E-state index contributed by atoms with van der Waals surface area (Å²) in [5.74, 6) is 0.760. The molecule has 10 heteroatoms. The van der Waals surface area contributed by atoms with E-state index in [1.54, 1.807) is 30.3 Å². The molecule has 0 spiro atoms. The summed E-state index contributed by atoms with van der Waals surface area (Å²) >= 11 is 6.10. The number of aryl methyl sites for hydroxylation is 1. The number of aromatic nitrogens is 2. The summed E-state index contributed by atoms with van der Waals surface area (Å²) in [6, 6.07) is 15.6. The lowest BCUT2D eigenvalue weighted by molar-refractivity contribution is -0.121. The minimum atomic E-state index is -0.528. The average molecular weight is 531 g/mol. The van der Waals surface area contributed by atoms with E-state index in [2.05, 4.69) is 36.8 Å². The molecule has 9 nitrogen and oxygen atoms in total. The van der Waals surface area contributed by atoms with Crippen LogP contribution < -0.4 is 20.7 Å². The first-order valence-electron chi connectivity index (χ1n) is 12.2. The molecule has 0 atom stereocenters. The number of halogens is 1. The number of urea groups is 1. The van der Waals surface area contributed by atoms with E-state index in [1.807, 2.05) is 24.4 Å². The summed E-state index contributed by atoms with van der Waals surface area (Å²) in [6.07, 6.45) is 6.04. The molecule has 4 N–H and O–H groups in total. The van der Waals surface area contributed by atoms with Crippen LogP contribution in [0.4, 0.5) is 22.0 Å². The van der Waals surface area contributed by atoms with Crippen molar-refractivity contribution in [3.8, 4) is 5.75 Å². The molecule has 0 saturated heterocycles. The van der Waals surface area contributed by atoms with E-state index >= 15 is 0 Å². The van der Waals surface area contributed by atoms with Gasteiger partial charge in [-0.3, -0.25) is 15.1 Å². The molecule has 0 aliphatic heterocycles. The van der Waals surface area contributed by atoms with E-state index in [1.165, 1.54) is 17.1 Å². The first-order chi connectivity index (χ1) is 18.5.